The number of esters is 1. The van der Waals surface area contributed by atoms with E-state index in [2.05, 4.69) is 0 Å². The second kappa shape index (κ2) is 6.10. The van der Waals surface area contributed by atoms with E-state index >= 15 is 0 Å². The number of ether oxygens (including phenoxy) is 1. The van der Waals surface area contributed by atoms with Gasteiger partial charge >= 0.3 is 5.97 Å². The van der Waals surface area contributed by atoms with Crippen molar-refractivity contribution in [2.75, 3.05) is 7.11 Å². The van der Waals surface area contributed by atoms with Crippen LogP contribution in [0.2, 0.25) is 0 Å². The second-order valence-electron chi connectivity index (χ2n) is 5.55. The Bertz CT molecular complexity index is 627. The molecule has 0 saturated heterocycles. The highest BCUT2D eigenvalue weighted by molar-refractivity contribution is 5.82. The number of benzene rings is 2. The summed E-state index contributed by atoms with van der Waals surface area (Å²) in [6.45, 7) is 3.72. The van der Waals surface area contributed by atoms with Gasteiger partial charge in [0.15, 0.2) is 0 Å². The monoisotopic (exact) mass is 284 g/mol. The first kappa shape index (κ1) is 15.3. The second-order valence-corrected chi connectivity index (χ2v) is 5.55. The van der Waals surface area contributed by atoms with Crippen LogP contribution in [0.15, 0.2) is 48.5 Å². The maximum Gasteiger partial charge on any atom is 0.315 e. The smallest absolute Gasteiger partial charge is 0.315 e. The Balaban J connectivity index is 2.32. The number of aliphatic hydroxyl groups is 1. The Morgan fingerprint density at radius 3 is 2.33 bits per heavy atom. The molecule has 2 rings (SSSR count). The highest BCUT2D eigenvalue weighted by Crippen LogP contribution is 2.28. The summed E-state index contributed by atoms with van der Waals surface area (Å²) in [6.07, 6.45) is 0. The topological polar surface area (TPSA) is 46.5 Å². The summed E-state index contributed by atoms with van der Waals surface area (Å²) < 4.78 is 4.85. The lowest BCUT2D eigenvalue weighted by Crippen LogP contribution is -2.30. The maximum atomic E-state index is 11.8. The molecule has 0 spiro atoms. The SMILES string of the molecule is COC(=O)C(C)(C)c1ccc(-c2cccc(CO)c2)cc1. The molecule has 0 saturated carbocycles. The van der Waals surface area contributed by atoms with Crippen molar-refractivity contribution >= 4 is 5.97 Å². The average Bonchev–Trinajstić information content (AvgIpc) is 2.54. The first-order chi connectivity index (χ1) is 9.98. The molecule has 3 heteroatoms. The zero-order valence-electron chi connectivity index (χ0n) is 12.6. The molecule has 0 unspecified atom stereocenters. The van der Waals surface area contributed by atoms with E-state index in [4.69, 9.17) is 4.74 Å². The van der Waals surface area contributed by atoms with Crippen LogP contribution in [-0.2, 0) is 21.6 Å². The number of hydrogen-bond donors (Lipinski definition) is 1. The molecule has 3 nitrogen and oxygen atoms in total. The van der Waals surface area contributed by atoms with Gasteiger partial charge in [-0.05, 0) is 42.2 Å². The Morgan fingerprint density at radius 2 is 1.76 bits per heavy atom. The van der Waals surface area contributed by atoms with E-state index in [1.165, 1.54) is 7.11 Å². The molecule has 1 N–H and O–H groups in total. The van der Waals surface area contributed by atoms with Gasteiger partial charge in [-0.3, -0.25) is 4.79 Å². The van der Waals surface area contributed by atoms with E-state index < -0.39 is 5.41 Å². The van der Waals surface area contributed by atoms with Gasteiger partial charge in [-0.1, -0.05) is 42.5 Å². The van der Waals surface area contributed by atoms with E-state index in [9.17, 15) is 9.90 Å². The molecule has 0 radical (unpaired) electrons. The molecule has 0 atom stereocenters. The first-order valence-corrected chi connectivity index (χ1v) is 6.88. The van der Waals surface area contributed by atoms with Crippen molar-refractivity contribution in [3.8, 4) is 11.1 Å². The Hall–Kier alpha value is -2.13. The third kappa shape index (κ3) is 3.14. The molecule has 0 fully saturated rings. The normalized spacial score (nSPS) is 11.2. The molecule has 0 heterocycles. The van der Waals surface area contributed by atoms with Crippen LogP contribution in [0.4, 0.5) is 0 Å². The number of methoxy groups -OCH3 is 1. The fraction of sp³-hybridized carbons (Fsp3) is 0.278. The molecule has 110 valence electrons. The van der Waals surface area contributed by atoms with Gasteiger partial charge in [0.25, 0.3) is 0 Å². The van der Waals surface area contributed by atoms with E-state index in [-0.39, 0.29) is 12.6 Å². The number of aliphatic hydroxyl groups excluding tert-OH is 1. The van der Waals surface area contributed by atoms with Crippen LogP contribution in [0, 0.1) is 0 Å². The van der Waals surface area contributed by atoms with Gasteiger partial charge < -0.3 is 9.84 Å². The van der Waals surface area contributed by atoms with Gasteiger partial charge in [0, 0.05) is 0 Å². The zero-order valence-corrected chi connectivity index (χ0v) is 12.6. The molecule has 2 aromatic carbocycles. The van der Waals surface area contributed by atoms with Crippen LogP contribution in [0.1, 0.15) is 25.0 Å². The predicted octanol–water partition coefficient (Wildman–Crippen LogP) is 3.30. The highest BCUT2D eigenvalue weighted by Gasteiger charge is 2.30. The highest BCUT2D eigenvalue weighted by atomic mass is 16.5. The third-order valence-corrected chi connectivity index (χ3v) is 3.75. The molecular weight excluding hydrogens is 264 g/mol. The lowest BCUT2D eigenvalue weighted by atomic mass is 9.84. The summed E-state index contributed by atoms with van der Waals surface area (Å²) >= 11 is 0. The Morgan fingerprint density at radius 1 is 1.10 bits per heavy atom. The van der Waals surface area contributed by atoms with E-state index in [1.807, 2.05) is 62.4 Å². The summed E-state index contributed by atoms with van der Waals surface area (Å²) in [4.78, 5) is 11.8. The fourth-order valence-electron chi connectivity index (χ4n) is 2.30. The van der Waals surface area contributed by atoms with Crippen molar-refractivity contribution in [1.29, 1.82) is 0 Å². The van der Waals surface area contributed by atoms with Gasteiger partial charge in [-0.2, -0.15) is 0 Å². The molecule has 0 amide bonds. The van der Waals surface area contributed by atoms with Crippen LogP contribution >= 0.6 is 0 Å². The molecule has 0 aromatic heterocycles. The van der Waals surface area contributed by atoms with Gasteiger partial charge in [0.05, 0.1) is 19.1 Å². The molecule has 0 aliphatic heterocycles. The minimum Gasteiger partial charge on any atom is -0.468 e. The number of hydrogen-bond acceptors (Lipinski definition) is 3. The van der Waals surface area contributed by atoms with Crippen molar-refractivity contribution in [1.82, 2.24) is 0 Å². The molecule has 2 aromatic rings. The van der Waals surface area contributed by atoms with Crippen molar-refractivity contribution in [3.63, 3.8) is 0 Å². The van der Waals surface area contributed by atoms with Gasteiger partial charge in [0.1, 0.15) is 0 Å². The maximum absolute atomic E-state index is 11.8. The van der Waals surface area contributed by atoms with E-state index in [0.29, 0.717) is 0 Å². The van der Waals surface area contributed by atoms with Crippen LogP contribution in [0.3, 0.4) is 0 Å². The number of rotatable bonds is 4. The molecule has 0 bridgehead atoms. The van der Waals surface area contributed by atoms with E-state index in [0.717, 1.165) is 22.3 Å². The fourth-order valence-corrected chi connectivity index (χ4v) is 2.30. The molecule has 0 aliphatic carbocycles. The lowest BCUT2D eigenvalue weighted by Gasteiger charge is -2.22. The zero-order chi connectivity index (χ0) is 15.5. The minimum atomic E-state index is -0.666. The number of carbonyl (C=O) groups excluding carboxylic acids is 1. The van der Waals surface area contributed by atoms with Crippen LogP contribution in [-0.4, -0.2) is 18.2 Å². The summed E-state index contributed by atoms with van der Waals surface area (Å²) in [5.74, 6) is -0.252. The standard InChI is InChI=1S/C18H20O3/c1-18(2,17(20)21-3)16-9-7-14(8-10-16)15-6-4-5-13(11-15)12-19/h4-11,19H,12H2,1-3H3. The Kier molecular flexibility index (Phi) is 4.43. The minimum absolute atomic E-state index is 0.0291. The summed E-state index contributed by atoms with van der Waals surface area (Å²) in [7, 11) is 1.40. The van der Waals surface area contributed by atoms with Crippen LogP contribution in [0.25, 0.3) is 11.1 Å². The van der Waals surface area contributed by atoms with Crippen molar-refractivity contribution in [3.05, 3.63) is 59.7 Å². The van der Waals surface area contributed by atoms with Crippen molar-refractivity contribution in [2.24, 2.45) is 0 Å². The van der Waals surface area contributed by atoms with Gasteiger partial charge in [-0.25, -0.2) is 0 Å². The van der Waals surface area contributed by atoms with Crippen LogP contribution in [0.5, 0.6) is 0 Å². The first-order valence-electron chi connectivity index (χ1n) is 6.88. The molecule has 0 aliphatic rings. The molecular formula is C18H20O3. The van der Waals surface area contributed by atoms with Crippen molar-refractivity contribution in [2.45, 2.75) is 25.9 Å². The van der Waals surface area contributed by atoms with E-state index in [1.54, 1.807) is 0 Å². The quantitative estimate of drug-likeness (QED) is 0.876. The predicted molar refractivity (Wildman–Crippen MR) is 82.8 cm³/mol. The summed E-state index contributed by atoms with van der Waals surface area (Å²) in [6, 6.07) is 15.6. The Labute approximate surface area is 125 Å². The number of carbonyl (C=O) groups is 1. The van der Waals surface area contributed by atoms with Gasteiger partial charge in [0.2, 0.25) is 0 Å². The van der Waals surface area contributed by atoms with Crippen molar-refractivity contribution < 1.29 is 14.6 Å². The lowest BCUT2D eigenvalue weighted by molar-refractivity contribution is -0.146. The summed E-state index contributed by atoms with van der Waals surface area (Å²) in [5, 5.41) is 9.20. The van der Waals surface area contributed by atoms with Crippen LogP contribution < -0.4 is 0 Å². The third-order valence-electron chi connectivity index (χ3n) is 3.75. The molecule has 21 heavy (non-hydrogen) atoms. The largest absolute Gasteiger partial charge is 0.468 e. The van der Waals surface area contributed by atoms with Gasteiger partial charge in [-0.15, -0.1) is 0 Å². The summed E-state index contributed by atoms with van der Waals surface area (Å²) in [5.41, 5.74) is 3.22. The average molecular weight is 284 g/mol.